The van der Waals surface area contributed by atoms with Gasteiger partial charge >= 0.3 is 7.12 Å². The van der Waals surface area contributed by atoms with E-state index in [4.69, 9.17) is 21.0 Å². The number of ether oxygens (including phenoxy) is 1. The number of amides is 1. The second kappa shape index (κ2) is 7.33. The topological polar surface area (TPSA) is 88.0 Å². The van der Waals surface area contributed by atoms with Gasteiger partial charge in [-0.25, -0.2) is 0 Å². The summed E-state index contributed by atoms with van der Waals surface area (Å²) in [5.74, 6) is -0.402. The molecular weight excluding hydrogens is 308 g/mol. The van der Waals surface area contributed by atoms with Gasteiger partial charge in [0.25, 0.3) is 0 Å². The second-order valence-electron chi connectivity index (χ2n) is 5.00. The summed E-state index contributed by atoms with van der Waals surface area (Å²) in [5.41, 5.74) is 1.03. The molecule has 0 aliphatic carbocycles. The van der Waals surface area contributed by atoms with Gasteiger partial charge in [-0.3, -0.25) is 4.79 Å². The Balaban J connectivity index is 2.30. The van der Waals surface area contributed by atoms with Gasteiger partial charge in [0.05, 0.1) is 16.5 Å². The Hall–Kier alpha value is -1.28. The molecule has 0 fully saturated rings. The quantitative estimate of drug-likeness (QED) is 0.559. The minimum atomic E-state index is -1.23. The van der Waals surface area contributed by atoms with Gasteiger partial charge in [-0.05, 0) is 25.0 Å². The highest BCUT2D eigenvalue weighted by Crippen LogP contribution is 2.38. The number of rotatable bonds is 5. The van der Waals surface area contributed by atoms with Gasteiger partial charge in [-0.1, -0.05) is 24.6 Å². The van der Waals surface area contributed by atoms with Crippen LogP contribution in [0.1, 0.15) is 37.7 Å². The summed E-state index contributed by atoms with van der Waals surface area (Å²) in [6.07, 6.45) is -0.530. The molecule has 0 saturated heterocycles. The second-order valence-corrected chi connectivity index (χ2v) is 5.40. The molecule has 1 unspecified atom stereocenters. The summed E-state index contributed by atoms with van der Waals surface area (Å²) < 4.78 is 10.6. The standard InChI is InChI=1S/C14H19BClNO5/c1-3-11(18)17-10-7-8-5-6-9(16)12(14(19)21-4-2)13(8)22-15(10)20/h5-6,10,14,19-20H,3-4,7H2,1-2H3,(H,17,18)/t10-,14?/m0/s1. The molecule has 1 amide bonds. The largest absolute Gasteiger partial charge is 0.547 e. The number of hydrogen-bond acceptors (Lipinski definition) is 5. The fourth-order valence-electron chi connectivity index (χ4n) is 2.36. The molecule has 2 atom stereocenters. The first-order valence-electron chi connectivity index (χ1n) is 7.22. The summed E-state index contributed by atoms with van der Waals surface area (Å²) in [6, 6.07) is 3.38. The SMILES string of the molecule is CCOC(O)c1c(Cl)ccc2c1OB(O)[C@@H](NC(=O)CC)C2. The average molecular weight is 328 g/mol. The van der Waals surface area contributed by atoms with Crippen molar-refractivity contribution in [3.05, 3.63) is 28.3 Å². The van der Waals surface area contributed by atoms with Crippen molar-refractivity contribution < 1.29 is 24.3 Å². The molecule has 0 spiro atoms. The summed E-state index contributed by atoms with van der Waals surface area (Å²) in [5, 5.41) is 23.1. The number of benzene rings is 1. The molecule has 0 bridgehead atoms. The number of halogens is 1. The van der Waals surface area contributed by atoms with E-state index in [1.807, 2.05) is 0 Å². The molecule has 1 aliphatic rings. The predicted molar refractivity (Wildman–Crippen MR) is 82.6 cm³/mol. The van der Waals surface area contributed by atoms with E-state index < -0.39 is 19.3 Å². The number of aliphatic hydroxyl groups is 1. The van der Waals surface area contributed by atoms with Crippen LogP contribution in [0.5, 0.6) is 5.75 Å². The van der Waals surface area contributed by atoms with Crippen molar-refractivity contribution in [2.24, 2.45) is 0 Å². The van der Waals surface area contributed by atoms with E-state index >= 15 is 0 Å². The van der Waals surface area contributed by atoms with Crippen LogP contribution in [0.3, 0.4) is 0 Å². The third-order valence-corrected chi connectivity index (χ3v) is 3.82. The van der Waals surface area contributed by atoms with Crippen LogP contribution in [0.15, 0.2) is 12.1 Å². The first kappa shape index (κ1) is 17.1. The maximum absolute atomic E-state index is 11.5. The van der Waals surface area contributed by atoms with Gasteiger partial charge in [0.1, 0.15) is 5.75 Å². The van der Waals surface area contributed by atoms with Crippen molar-refractivity contribution in [1.29, 1.82) is 0 Å². The first-order valence-corrected chi connectivity index (χ1v) is 7.60. The zero-order valence-corrected chi connectivity index (χ0v) is 13.3. The Morgan fingerprint density at radius 2 is 2.32 bits per heavy atom. The molecular formula is C14H19BClNO5. The van der Waals surface area contributed by atoms with Crippen molar-refractivity contribution >= 4 is 24.6 Å². The van der Waals surface area contributed by atoms with Crippen molar-refractivity contribution in [3.63, 3.8) is 0 Å². The highest BCUT2D eigenvalue weighted by molar-refractivity contribution is 6.47. The smallest absolute Gasteiger partial charge is 0.534 e. The molecule has 1 heterocycles. The average Bonchev–Trinajstić information content (AvgIpc) is 2.48. The molecule has 2 rings (SSSR count). The fraction of sp³-hybridized carbons (Fsp3) is 0.500. The summed E-state index contributed by atoms with van der Waals surface area (Å²) in [6.45, 7) is 3.78. The van der Waals surface area contributed by atoms with Crippen LogP contribution in [-0.4, -0.2) is 35.7 Å². The van der Waals surface area contributed by atoms with Gasteiger partial charge in [0.2, 0.25) is 5.91 Å². The minimum absolute atomic E-state index is 0.167. The van der Waals surface area contributed by atoms with Crippen LogP contribution in [0, 0.1) is 0 Å². The van der Waals surface area contributed by atoms with E-state index in [2.05, 4.69) is 5.32 Å². The lowest BCUT2D eigenvalue weighted by Crippen LogP contribution is -2.53. The number of aliphatic hydroxyl groups excluding tert-OH is 1. The number of carbonyl (C=O) groups excluding carboxylic acids is 1. The third kappa shape index (κ3) is 3.55. The van der Waals surface area contributed by atoms with Gasteiger partial charge in [-0.2, -0.15) is 0 Å². The summed E-state index contributed by atoms with van der Waals surface area (Å²) in [4.78, 5) is 11.5. The molecule has 0 radical (unpaired) electrons. The lowest BCUT2D eigenvalue weighted by molar-refractivity contribution is -0.121. The zero-order chi connectivity index (χ0) is 16.3. The lowest BCUT2D eigenvalue weighted by atomic mass is 9.72. The van der Waals surface area contributed by atoms with E-state index in [0.29, 0.717) is 35.8 Å². The van der Waals surface area contributed by atoms with Gasteiger partial charge in [-0.15, -0.1) is 0 Å². The van der Waals surface area contributed by atoms with Crippen LogP contribution in [0.4, 0.5) is 0 Å². The molecule has 120 valence electrons. The van der Waals surface area contributed by atoms with Crippen LogP contribution >= 0.6 is 11.6 Å². The highest BCUT2D eigenvalue weighted by atomic mass is 35.5. The molecule has 8 heteroatoms. The maximum Gasteiger partial charge on any atom is 0.547 e. The maximum atomic E-state index is 11.5. The van der Waals surface area contributed by atoms with E-state index in [1.54, 1.807) is 26.0 Å². The van der Waals surface area contributed by atoms with Crippen molar-refractivity contribution in [1.82, 2.24) is 5.32 Å². The Kier molecular flexibility index (Phi) is 5.69. The molecule has 1 aromatic carbocycles. The number of fused-ring (bicyclic) bond motifs is 1. The monoisotopic (exact) mass is 327 g/mol. The zero-order valence-electron chi connectivity index (χ0n) is 12.5. The number of carbonyl (C=O) groups is 1. The third-order valence-electron chi connectivity index (χ3n) is 3.49. The first-order chi connectivity index (χ1) is 10.5. The highest BCUT2D eigenvalue weighted by Gasteiger charge is 2.38. The van der Waals surface area contributed by atoms with Crippen molar-refractivity contribution in [2.45, 2.75) is 38.9 Å². The van der Waals surface area contributed by atoms with E-state index in [1.165, 1.54) is 0 Å². The van der Waals surface area contributed by atoms with Gasteiger partial charge in [0, 0.05) is 13.0 Å². The Morgan fingerprint density at radius 1 is 1.59 bits per heavy atom. The lowest BCUT2D eigenvalue weighted by Gasteiger charge is -2.30. The number of hydrogen-bond donors (Lipinski definition) is 3. The number of nitrogens with one attached hydrogen (secondary N) is 1. The van der Waals surface area contributed by atoms with Crippen molar-refractivity contribution in [3.8, 4) is 5.75 Å². The van der Waals surface area contributed by atoms with Crippen LogP contribution in [-0.2, 0) is 16.0 Å². The molecule has 1 aromatic rings. The van der Waals surface area contributed by atoms with Crippen LogP contribution in [0.25, 0.3) is 0 Å². The Bertz CT molecular complexity index is 556. The minimum Gasteiger partial charge on any atom is -0.534 e. The molecule has 22 heavy (non-hydrogen) atoms. The fourth-order valence-corrected chi connectivity index (χ4v) is 2.61. The molecule has 0 saturated carbocycles. The Morgan fingerprint density at radius 3 is 2.95 bits per heavy atom. The molecule has 3 N–H and O–H groups in total. The van der Waals surface area contributed by atoms with Gasteiger partial charge in [0.15, 0.2) is 6.29 Å². The van der Waals surface area contributed by atoms with E-state index in [-0.39, 0.29) is 5.91 Å². The van der Waals surface area contributed by atoms with Crippen LogP contribution in [0.2, 0.25) is 5.02 Å². The van der Waals surface area contributed by atoms with E-state index in [9.17, 15) is 14.9 Å². The van der Waals surface area contributed by atoms with E-state index in [0.717, 1.165) is 5.56 Å². The summed E-state index contributed by atoms with van der Waals surface area (Å²) in [7, 11) is -1.21. The molecule has 0 aromatic heterocycles. The summed E-state index contributed by atoms with van der Waals surface area (Å²) >= 11 is 6.11. The van der Waals surface area contributed by atoms with Crippen LogP contribution < -0.4 is 9.97 Å². The molecule has 6 nitrogen and oxygen atoms in total. The predicted octanol–water partition coefficient (Wildman–Crippen LogP) is 1.22. The Labute approximate surface area is 134 Å². The molecule has 1 aliphatic heterocycles. The van der Waals surface area contributed by atoms with Gasteiger partial charge < -0.3 is 24.8 Å². The van der Waals surface area contributed by atoms with Crippen molar-refractivity contribution in [2.75, 3.05) is 6.61 Å². The normalized spacial score (nSPS) is 18.4.